The van der Waals surface area contributed by atoms with E-state index >= 15 is 0 Å². The molecular weight excluding hydrogens is 908 g/mol. The number of hydrogen-bond acceptors (Lipinski definition) is 18. The molecule has 18 nitrogen and oxygen atoms in total. The van der Waals surface area contributed by atoms with Gasteiger partial charge in [0, 0.05) is 0 Å². The second-order valence-corrected chi connectivity index (χ2v) is 17.9. The van der Waals surface area contributed by atoms with Gasteiger partial charge in [-0.05, 0) is 111 Å². The molecule has 0 rings (SSSR count). The molecule has 0 saturated heterocycles. The quantitative estimate of drug-likeness (QED) is 0.0742. The van der Waals surface area contributed by atoms with Crippen LogP contribution in [-0.2, 0) is 90.9 Å². The van der Waals surface area contributed by atoms with Crippen molar-refractivity contribution in [1.82, 2.24) is 0 Å². The van der Waals surface area contributed by atoms with Gasteiger partial charge in [-0.25, -0.2) is 9.47 Å². The molecule has 0 aromatic rings. The zero-order valence-corrected chi connectivity index (χ0v) is 42.0. The Hall–Kier alpha value is 0.0166. The van der Waals surface area contributed by atoms with Crippen molar-refractivity contribution < 1.29 is 111 Å². The fourth-order valence-corrected chi connectivity index (χ4v) is 4.58. The van der Waals surface area contributed by atoms with E-state index < -0.39 is 110 Å². The average molecular weight is 987 g/mol. The Labute approximate surface area is 353 Å². The van der Waals surface area contributed by atoms with E-state index in [2.05, 4.69) is 48.5 Å². The first-order chi connectivity index (χ1) is 24.9. The molecule has 0 bridgehead atoms. The second kappa shape index (κ2) is 29.3. The van der Waals surface area contributed by atoms with Gasteiger partial charge in [-0.1, -0.05) is 0 Å². The van der Waals surface area contributed by atoms with Crippen LogP contribution in [0.1, 0.15) is 152 Å². The summed E-state index contributed by atoms with van der Waals surface area (Å²) in [5.41, 5.74) is 0.216. The van der Waals surface area contributed by atoms with Gasteiger partial charge in [0.2, 0.25) is 0 Å². The average Bonchev–Trinajstić information content (AvgIpc) is 2.82. The van der Waals surface area contributed by atoms with Gasteiger partial charge in [-0.2, -0.15) is 0 Å². The van der Waals surface area contributed by atoms with Crippen LogP contribution < -0.4 is 0 Å². The van der Waals surface area contributed by atoms with Crippen LogP contribution >= 0.6 is 0 Å². The van der Waals surface area contributed by atoms with Crippen LogP contribution in [0.2, 0.25) is 0 Å². The third-order valence-electron chi connectivity index (χ3n) is 4.22. The van der Waals surface area contributed by atoms with E-state index in [1.54, 1.807) is 111 Å². The summed E-state index contributed by atoms with van der Waals surface area (Å²) in [7, 11) is 0. The van der Waals surface area contributed by atoms with Crippen LogP contribution in [0.15, 0.2) is 6.99 Å². The van der Waals surface area contributed by atoms with Crippen LogP contribution in [0, 0.1) is 0 Å². The fourth-order valence-electron chi connectivity index (χ4n) is 3.28. The van der Waals surface area contributed by atoms with Crippen molar-refractivity contribution in [3.63, 3.8) is 0 Å². The molecule has 0 unspecified atom stereocenters. The number of hydrogen-bond donors (Lipinski definition) is 4. The Bertz CT molecular complexity index is 939. The minimum absolute atomic E-state index is 0.108. The number of nitrogens with zero attached hydrogens (tertiary/aromatic N) is 2. The molecule has 0 fully saturated rings. The molecule has 0 aliphatic carbocycles. The molecule has 0 heterocycles. The van der Waals surface area contributed by atoms with Gasteiger partial charge in [0.25, 0.3) is 0 Å². The molecule has 0 aromatic heterocycles. The van der Waals surface area contributed by atoms with Crippen molar-refractivity contribution in [2.24, 2.45) is 6.99 Å². The molecule has 56 heavy (non-hydrogen) atoms. The zero-order chi connectivity index (χ0) is 45.5. The topological polar surface area (TPSA) is 232 Å². The van der Waals surface area contributed by atoms with Crippen molar-refractivity contribution in [3.8, 4) is 0 Å². The van der Waals surface area contributed by atoms with Gasteiger partial charge >= 0.3 is 128 Å². The molecule has 0 amide bonds. The van der Waals surface area contributed by atoms with E-state index in [-0.39, 0.29) is 11.1 Å². The molecule has 0 aliphatic heterocycles. The minimum atomic E-state index is -2.50. The third kappa shape index (κ3) is 42.2. The monoisotopic (exact) mass is 990 g/mol. The first-order valence-electron chi connectivity index (χ1n) is 18.6. The molecule has 20 heteroatoms. The van der Waals surface area contributed by atoms with Crippen LogP contribution in [-0.4, -0.2) is 105 Å². The van der Waals surface area contributed by atoms with Crippen molar-refractivity contribution in [2.45, 2.75) is 237 Å². The maximum atomic E-state index is 10.3. The standard InChI is InChI=1S/2C14H30O7.2C4H9N.2Mo.2O/c2*1-9(2)17-13(15,18-10(3)4)21-14(16,19-11(5)6)20-12(7)8;2*1-4(2,3)5;;;;/h2*9-12,15-16H,1-8H3;2*1-3H3;;;;. The van der Waals surface area contributed by atoms with Gasteiger partial charge in [-0.3, -0.25) is 0 Å². The predicted octanol–water partition coefficient (Wildman–Crippen LogP) is 6.61. The summed E-state index contributed by atoms with van der Waals surface area (Å²) in [4.78, 5) is 0. The Balaban J connectivity index is -0.000000365. The van der Waals surface area contributed by atoms with Crippen molar-refractivity contribution in [1.29, 1.82) is 0 Å². The summed E-state index contributed by atoms with van der Waals surface area (Å²) in [6.07, 6.45) is -13.4. The Morgan fingerprint density at radius 3 is 0.571 bits per heavy atom. The van der Waals surface area contributed by atoms with E-state index in [0.29, 0.717) is 0 Å². The fraction of sp³-hybridized carbons (Fsp3) is 1.00. The summed E-state index contributed by atoms with van der Waals surface area (Å²) in [6, 6.07) is 0. The SMILES string of the molecule is CC(C)(C)[N]=[Mo]=[N]C(C)(C)C.CC(C)OC(O)(OC(C)C)OC(O)(OC(C)C)OC(C)C.CC(C)OC(O)(OC(C)C)OC(O)(OC(C)C)OC(C)C.[O]=[Mo]=[O]. The van der Waals surface area contributed by atoms with Crippen molar-refractivity contribution in [3.05, 3.63) is 0 Å². The predicted molar refractivity (Wildman–Crippen MR) is 197 cm³/mol. The maximum absolute atomic E-state index is 10.3. The van der Waals surface area contributed by atoms with Gasteiger partial charge in [0.05, 0.1) is 48.8 Å². The molecule has 0 spiro atoms. The van der Waals surface area contributed by atoms with Gasteiger partial charge in [-0.15, -0.1) is 0 Å². The van der Waals surface area contributed by atoms with Crippen LogP contribution in [0.5, 0.6) is 0 Å². The van der Waals surface area contributed by atoms with E-state index in [1.807, 2.05) is 0 Å². The van der Waals surface area contributed by atoms with E-state index in [0.717, 1.165) is 0 Å². The number of aliphatic hydroxyl groups is 4. The van der Waals surface area contributed by atoms with Crippen LogP contribution in [0.3, 0.4) is 0 Å². The van der Waals surface area contributed by atoms with Crippen molar-refractivity contribution in [2.75, 3.05) is 0 Å². The molecule has 0 saturated carbocycles. The van der Waals surface area contributed by atoms with Crippen LogP contribution in [0.25, 0.3) is 0 Å². The second-order valence-electron chi connectivity index (χ2n) is 16.3. The van der Waals surface area contributed by atoms with E-state index in [4.69, 9.17) is 54.2 Å². The molecule has 0 atom stereocenters. The van der Waals surface area contributed by atoms with Gasteiger partial charge in [0.1, 0.15) is 0 Å². The zero-order valence-electron chi connectivity index (χ0n) is 38.0. The third-order valence-corrected chi connectivity index (χ3v) is 7.32. The van der Waals surface area contributed by atoms with Crippen molar-refractivity contribution >= 4 is 0 Å². The Morgan fingerprint density at radius 1 is 0.357 bits per heavy atom. The van der Waals surface area contributed by atoms with Gasteiger partial charge in [0.15, 0.2) is 0 Å². The Morgan fingerprint density at radius 2 is 0.482 bits per heavy atom. The summed E-state index contributed by atoms with van der Waals surface area (Å²) >= 11 is -2.50. The molecular formula is C36H78Mo2N2O16. The summed E-state index contributed by atoms with van der Waals surface area (Å²) < 4.78 is 77.8. The first kappa shape index (κ1) is 62.7. The normalized spacial score (nSPS) is 13.2. The number of rotatable bonds is 20. The number of ether oxygens (including phenoxy) is 10. The van der Waals surface area contributed by atoms with Crippen LogP contribution in [0.4, 0.5) is 0 Å². The molecule has 4 N–H and O–H groups in total. The van der Waals surface area contributed by atoms with E-state index in [1.165, 1.54) is 0 Å². The molecule has 0 radical (unpaired) electrons. The Kier molecular flexibility index (Phi) is 32.8. The summed E-state index contributed by atoms with van der Waals surface area (Å²) in [5, 5.41) is 41.3. The molecule has 0 aromatic carbocycles. The first-order valence-corrected chi connectivity index (χ1v) is 22.0. The summed E-state index contributed by atoms with van der Waals surface area (Å²) in [5.74, 6) is 0. The van der Waals surface area contributed by atoms with Gasteiger partial charge < -0.3 is 58.3 Å². The molecule has 340 valence electrons. The molecule has 0 aliphatic rings. The van der Waals surface area contributed by atoms with E-state index in [9.17, 15) is 20.4 Å². The summed E-state index contributed by atoms with van der Waals surface area (Å²) in [6.45, 7) is 39.7.